The Morgan fingerprint density at radius 3 is 2.78 bits per heavy atom. The molecule has 1 fully saturated rings. The van der Waals surface area contributed by atoms with Gasteiger partial charge in [0.05, 0.1) is 6.10 Å². The summed E-state index contributed by atoms with van der Waals surface area (Å²) in [7, 11) is 1.83. The van der Waals surface area contributed by atoms with E-state index < -0.39 is 0 Å². The highest BCUT2D eigenvalue weighted by Gasteiger charge is 2.27. The average Bonchev–Trinajstić information content (AvgIpc) is 2.47. The normalized spacial score (nSPS) is 25.5. The van der Waals surface area contributed by atoms with Crippen LogP contribution in [0.4, 0.5) is 5.69 Å². The minimum absolute atomic E-state index is 0.477. The maximum atomic E-state index is 5.44. The second kappa shape index (κ2) is 5.29. The summed E-state index contributed by atoms with van der Waals surface area (Å²) < 4.78 is 5.44. The van der Waals surface area contributed by atoms with E-state index in [1.807, 2.05) is 7.11 Å². The summed E-state index contributed by atoms with van der Waals surface area (Å²) in [5.41, 5.74) is 2.78. The van der Waals surface area contributed by atoms with Crippen LogP contribution in [0, 0.1) is 0 Å². The SMILES string of the molecule is COC1CCN(C2CNc3ccccc3C2)CC1. The molecule has 3 heteroatoms. The number of anilines is 1. The van der Waals surface area contributed by atoms with E-state index in [9.17, 15) is 0 Å². The first-order valence-electron chi connectivity index (χ1n) is 6.95. The van der Waals surface area contributed by atoms with Crippen LogP contribution in [0.15, 0.2) is 24.3 Å². The number of rotatable bonds is 2. The quantitative estimate of drug-likeness (QED) is 0.865. The van der Waals surface area contributed by atoms with E-state index in [2.05, 4.69) is 34.5 Å². The first kappa shape index (κ1) is 12.0. The van der Waals surface area contributed by atoms with Crippen LogP contribution in [-0.2, 0) is 11.2 Å². The second-order valence-electron chi connectivity index (χ2n) is 5.37. The fourth-order valence-electron chi connectivity index (χ4n) is 3.16. The molecule has 2 aliphatic heterocycles. The highest BCUT2D eigenvalue weighted by atomic mass is 16.5. The van der Waals surface area contributed by atoms with Crippen molar-refractivity contribution >= 4 is 5.69 Å². The Bertz CT molecular complexity index is 399. The van der Waals surface area contributed by atoms with Crippen molar-refractivity contribution in [2.24, 2.45) is 0 Å². The van der Waals surface area contributed by atoms with Gasteiger partial charge in [0, 0.05) is 38.5 Å². The van der Waals surface area contributed by atoms with Crippen LogP contribution in [0.25, 0.3) is 0 Å². The van der Waals surface area contributed by atoms with Crippen LogP contribution in [0.3, 0.4) is 0 Å². The number of methoxy groups -OCH3 is 1. The molecule has 3 nitrogen and oxygen atoms in total. The zero-order valence-electron chi connectivity index (χ0n) is 11.1. The molecule has 1 atom stereocenters. The molecule has 0 amide bonds. The topological polar surface area (TPSA) is 24.5 Å². The van der Waals surface area contributed by atoms with Crippen molar-refractivity contribution in [1.82, 2.24) is 4.90 Å². The van der Waals surface area contributed by atoms with Crippen molar-refractivity contribution in [3.63, 3.8) is 0 Å². The standard InChI is InChI=1S/C15H22N2O/c1-18-14-6-8-17(9-7-14)13-10-12-4-2-3-5-15(12)16-11-13/h2-5,13-14,16H,6-11H2,1H3. The molecule has 0 radical (unpaired) electrons. The number of hydrogen-bond acceptors (Lipinski definition) is 3. The maximum absolute atomic E-state index is 5.44. The van der Waals surface area contributed by atoms with E-state index in [-0.39, 0.29) is 0 Å². The smallest absolute Gasteiger partial charge is 0.0595 e. The van der Waals surface area contributed by atoms with Gasteiger partial charge in [-0.2, -0.15) is 0 Å². The zero-order valence-corrected chi connectivity index (χ0v) is 11.1. The van der Waals surface area contributed by atoms with E-state index in [1.165, 1.54) is 43.6 Å². The molecule has 3 rings (SSSR count). The van der Waals surface area contributed by atoms with Gasteiger partial charge in [-0.1, -0.05) is 18.2 Å². The highest BCUT2D eigenvalue weighted by Crippen LogP contribution is 2.25. The molecule has 0 saturated carbocycles. The average molecular weight is 246 g/mol. The first-order valence-corrected chi connectivity index (χ1v) is 6.95. The van der Waals surface area contributed by atoms with Gasteiger partial charge in [0.25, 0.3) is 0 Å². The number of benzene rings is 1. The predicted octanol–water partition coefficient (Wildman–Crippen LogP) is 2.13. The molecule has 2 aliphatic rings. The third-order valence-electron chi connectivity index (χ3n) is 4.33. The second-order valence-corrected chi connectivity index (χ2v) is 5.37. The molecule has 18 heavy (non-hydrogen) atoms. The van der Waals surface area contributed by atoms with Gasteiger partial charge in [-0.25, -0.2) is 0 Å². The van der Waals surface area contributed by atoms with Crippen molar-refractivity contribution < 1.29 is 4.74 Å². The molecule has 1 unspecified atom stereocenters. The van der Waals surface area contributed by atoms with Gasteiger partial charge < -0.3 is 10.1 Å². The lowest BCUT2D eigenvalue weighted by Crippen LogP contribution is -2.48. The van der Waals surface area contributed by atoms with Gasteiger partial charge in [-0.15, -0.1) is 0 Å². The predicted molar refractivity (Wildman–Crippen MR) is 74.0 cm³/mol. The largest absolute Gasteiger partial charge is 0.383 e. The molecule has 1 N–H and O–H groups in total. The maximum Gasteiger partial charge on any atom is 0.0595 e. The number of hydrogen-bond donors (Lipinski definition) is 1. The number of likely N-dealkylation sites (tertiary alicyclic amines) is 1. The minimum atomic E-state index is 0.477. The Morgan fingerprint density at radius 2 is 2.00 bits per heavy atom. The molecule has 0 aliphatic carbocycles. The molecule has 1 saturated heterocycles. The van der Waals surface area contributed by atoms with Crippen LogP contribution in [0.1, 0.15) is 18.4 Å². The summed E-state index contributed by atoms with van der Waals surface area (Å²) in [6.07, 6.45) is 4.01. The van der Waals surface area contributed by atoms with Crippen LogP contribution >= 0.6 is 0 Å². The number of para-hydroxylation sites is 1. The molecule has 0 bridgehead atoms. The number of ether oxygens (including phenoxy) is 1. The van der Waals surface area contributed by atoms with Crippen molar-refractivity contribution in [3.05, 3.63) is 29.8 Å². The minimum Gasteiger partial charge on any atom is -0.383 e. The summed E-state index contributed by atoms with van der Waals surface area (Å²) in [6.45, 7) is 3.43. The molecule has 98 valence electrons. The van der Waals surface area contributed by atoms with Crippen LogP contribution < -0.4 is 5.32 Å². The fourth-order valence-corrected chi connectivity index (χ4v) is 3.16. The number of nitrogens with zero attached hydrogens (tertiary/aromatic N) is 1. The lowest BCUT2D eigenvalue weighted by molar-refractivity contribution is 0.0286. The van der Waals surface area contributed by atoms with Crippen LogP contribution in [-0.4, -0.2) is 43.8 Å². The Hall–Kier alpha value is -1.06. The molecule has 0 aromatic heterocycles. The van der Waals surface area contributed by atoms with E-state index in [4.69, 9.17) is 4.74 Å². The highest BCUT2D eigenvalue weighted by molar-refractivity contribution is 5.53. The van der Waals surface area contributed by atoms with Gasteiger partial charge in [-0.05, 0) is 30.9 Å². The van der Waals surface area contributed by atoms with Gasteiger partial charge in [-0.3, -0.25) is 4.90 Å². The van der Waals surface area contributed by atoms with Crippen molar-refractivity contribution in [1.29, 1.82) is 0 Å². The molecule has 0 spiro atoms. The summed E-state index contributed by atoms with van der Waals surface area (Å²) >= 11 is 0. The van der Waals surface area contributed by atoms with E-state index in [0.717, 1.165) is 6.54 Å². The molecular formula is C15H22N2O. The molecular weight excluding hydrogens is 224 g/mol. The Labute approximate surface area is 109 Å². The van der Waals surface area contributed by atoms with Crippen molar-refractivity contribution in [2.45, 2.75) is 31.4 Å². The van der Waals surface area contributed by atoms with Gasteiger partial charge in [0.1, 0.15) is 0 Å². The van der Waals surface area contributed by atoms with Gasteiger partial charge >= 0.3 is 0 Å². The number of piperidine rings is 1. The fraction of sp³-hybridized carbons (Fsp3) is 0.600. The van der Waals surface area contributed by atoms with Crippen LogP contribution in [0.5, 0.6) is 0 Å². The molecule has 1 aromatic rings. The van der Waals surface area contributed by atoms with Crippen LogP contribution in [0.2, 0.25) is 0 Å². The summed E-state index contributed by atoms with van der Waals surface area (Å²) in [5, 5.41) is 3.56. The van der Waals surface area contributed by atoms with Gasteiger partial charge in [0.15, 0.2) is 0 Å². The summed E-state index contributed by atoms with van der Waals surface area (Å²) in [5.74, 6) is 0. The van der Waals surface area contributed by atoms with E-state index in [1.54, 1.807) is 0 Å². The van der Waals surface area contributed by atoms with Gasteiger partial charge in [0.2, 0.25) is 0 Å². The summed E-state index contributed by atoms with van der Waals surface area (Å²) in [4.78, 5) is 2.62. The molecule has 1 aromatic carbocycles. The molecule has 2 heterocycles. The number of fused-ring (bicyclic) bond motifs is 1. The lowest BCUT2D eigenvalue weighted by atomic mass is 9.96. The van der Waals surface area contributed by atoms with Crippen molar-refractivity contribution in [3.8, 4) is 0 Å². The first-order chi connectivity index (χ1) is 8.86. The lowest BCUT2D eigenvalue weighted by Gasteiger charge is -2.39. The third kappa shape index (κ3) is 2.38. The Kier molecular flexibility index (Phi) is 3.52. The summed E-state index contributed by atoms with van der Waals surface area (Å²) in [6, 6.07) is 9.33. The Balaban J connectivity index is 1.63. The number of nitrogens with one attached hydrogen (secondary N) is 1. The monoisotopic (exact) mass is 246 g/mol. The Morgan fingerprint density at radius 1 is 1.22 bits per heavy atom. The van der Waals surface area contributed by atoms with Crippen molar-refractivity contribution in [2.75, 3.05) is 32.1 Å². The zero-order chi connectivity index (χ0) is 12.4. The third-order valence-corrected chi connectivity index (χ3v) is 4.33. The van der Waals surface area contributed by atoms with E-state index in [0.29, 0.717) is 12.1 Å². The van der Waals surface area contributed by atoms with E-state index >= 15 is 0 Å².